The van der Waals surface area contributed by atoms with Crippen LogP contribution in [0.5, 0.6) is 92.0 Å². The topological polar surface area (TPSA) is 324 Å². The van der Waals surface area contributed by atoms with Crippen molar-refractivity contribution in [3.63, 3.8) is 0 Å². The molecule has 0 saturated heterocycles. The van der Waals surface area contributed by atoms with Crippen molar-refractivity contribution in [3.05, 3.63) is 190 Å². The first-order valence-corrected chi connectivity index (χ1v) is 24.3. The van der Waals surface area contributed by atoms with Gasteiger partial charge in [0.15, 0.2) is 69.0 Å². The van der Waals surface area contributed by atoms with Crippen molar-refractivity contribution in [1.82, 2.24) is 0 Å². The number of aryl methyl sites for hydroxylation is 2. The molecule has 0 aliphatic rings. The summed E-state index contributed by atoms with van der Waals surface area (Å²) >= 11 is 0. The molecule has 76 heavy (non-hydrogen) atoms. The Balaban J connectivity index is 0.000000221. The van der Waals surface area contributed by atoms with Crippen LogP contribution in [0, 0.1) is 11.8 Å². The molecule has 8 rings (SSSR count). The summed E-state index contributed by atoms with van der Waals surface area (Å²) in [6, 6.07) is 38.3. The molecule has 0 bridgehead atoms. The lowest BCUT2D eigenvalue weighted by Crippen LogP contribution is -2.19. The fraction of sp³-hybridized carbons (Fsp3) is 0.200. The summed E-state index contributed by atoms with van der Waals surface area (Å²) in [4.78, 5) is 0. The molecule has 396 valence electrons. The standard InChI is InChI=1S/2C30H30O8/c2*31-22-7-2-17(3-8-22)11-20(6-1-19-13-25(33)29(37)26(34)14-19)24(12-18-4-9-23(32)10-5-18)21-15-27(35)30(38)28(36)16-21/h2*2-5,7-10,13-16,20,24,31-38H,1,6,11-12H2/t2*20-,24-/m10/s1. The van der Waals surface area contributed by atoms with E-state index in [-0.39, 0.29) is 46.7 Å². The maximum absolute atomic E-state index is 10.3. The summed E-state index contributed by atoms with van der Waals surface area (Å²) in [5.74, 6) is -6.23. The van der Waals surface area contributed by atoms with Gasteiger partial charge in [0.05, 0.1) is 0 Å². The molecule has 0 unspecified atom stereocenters. The van der Waals surface area contributed by atoms with Crippen LogP contribution < -0.4 is 0 Å². The van der Waals surface area contributed by atoms with Gasteiger partial charge in [-0.05, 0) is 217 Å². The molecule has 16 heteroatoms. The lowest BCUT2D eigenvalue weighted by molar-refractivity contribution is 0.357. The summed E-state index contributed by atoms with van der Waals surface area (Å²) < 4.78 is 0. The highest BCUT2D eigenvalue weighted by molar-refractivity contribution is 5.55. The number of rotatable bonds is 18. The average molecular weight is 1040 g/mol. The Morgan fingerprint density at radius 3 is 0.684 bits per heavy atom. The Bertz CT molecular complexity index is 2920. The molecule has 0 heterocycles. The molecule has 8 aromatic carbocycles. The number of phenolic OH excluding ortho intramolecular Hbond substituents is 16. The van der Waals surface area contributed by atoms with Crippen LogP contribution in [-0.4, -0.2) is 81.7 Å². The van der Waals surface area contributed by atoms with Crippen LogP contribution in [0.1, 0.15) is 69.2 Å². The molecule has 0 aliphatic heterocycles. The van der Waals surface area contributed by atoms with Crippen LogP contribution in [0.4, 0.5) is 0 Å². The molecule has 16 N–H and O–H groups in total. The van der Waals surface area contributed by atoms with E-state index in [0.717, 1.165) is 22.3 Å². The lowest BCUT2D eigenvalue weighted by Gasteiger charge is -2.29. The first-order chi connectivity index (χ1) is 36.2. The predicted octanol–water partition coefficient (Wildman–Crippen LogP) is 10.3. The van der Waals surface area contributed by atoms with Gasteiger partial charge in [0.2, 0.25) is 0 Å². The SMILES string of the molecule is Oc1ccc(C[C@@H](CCc2cc(O)c(O)c(O)c2)[C@@H](Cc2ccc(O)cc2)c2cc(O)c(O)c(O)c2)cc1.Oc1ccc(C[C@H](CCc2cc(O)c(O)c(O)c2)[C@H](Cc2ccc(O)cc2)c2cc(O)c(O)c(O)c2)cc1. The minimum absolute atomic E-state index is 0.123. The third kappa shape index (κ3) is 14.0. The Kier molecular flexibility index (Phi) is 17.2. The van der Waals surface area contributed by atoms with Crippen molar-refractivity contribution in [3.8, 4) is 92.0 Å². The average Bonchev–Trinajstić information content (AvgIpc) is 3.39. The van der Waals surface area contributed by atoms with E-state index in [1.165, 1.54) is 48.5 Å². The predicted molar refractivity (Wildman–Crippen MR) is 282 cm³/mol. The fourth-order valence-electron chi connectivity index (χ4n) is 9.64. The second-order valence-electron chi connectivity index (χ2n) is 19.1. The van der Waals surface area contributed by atoms with E-state index in [1.54, 1.807) is 72.8 Å². The van der Waals surface area contributed by atoms with Gasteiger partial charge in [0.1, 0.15) is 23.0 Å². The summed E-state index contributed by atoms with van der Waals surface area (Å²) in [7, 11) is 0. The van der Waals surface area contributed by atoms with Gasteiger partial charge in [-0.3, -0.25) is 0 Å². The van der Waals surface area contributed by atoms with Crippen LogP contribution in [0.3, 0.4) is 0 Å². The van der Waals surface area contributed by atoms with Gasteiger partial charge in [-0.1, -0.05) is 48.5 Å². The van der Waals surface area contributed by atoms with Crippen LogP contribution >= 0.6 is 0 Å². The van der Waals surface area contributed by atoms with Crippen molar-refractivity contribution >= 4 is 0 Å². The molecule has 0 saturated carbocycles. The van der Waals surface area contributed by atoms with Gasteiger partial charge >= 0.3 is 0 Å². The normalized spacial score (nSPS) is 12.7. The Morgan fingerprint density at radius 2 is 0.447 bits per heavy atom. The molecule has 0 spiro atoms. The number of aromatic hydroxyl groups is 16. The molecule has 0 fully saturated rings. The molecule has 0 aliphatic carbocycles. The minimum atomic E-state index is -0.609. The molecular formula is C60H60O16. The first kappa shape index (κ1) is 54.3. The number of benzene rings is 8. The third-order valence-corrected chi connectivity index (χ3v) is 13.7. The molecule has 0 radical (unpaired) electrons. The van der Waals surface area contributed by atoms with E-state index in [1.807, 2.05) is 24.3 Å². The Hall–Kier alpha value is -9.44. The zero-order valence-electron chi connectivity index (χ0n) is 41.0. The van der Waals surface area contributed by atoms with Gasteiger partial charge in [-0.2, -0.15) is 0 Å². The third-order valence-electron chi connectivity index (χ3n) is 13.7. The van der Waals surface area contributed by atoms with E-state index in [0.29, 0.717) is 73.6 Å². The monoisotopic (exact) mass is 1040 g/mol. The first-order valence-electron chi connectivity index (χ1n) is 24.3. The van der Waals surface area contributed by atoms with E-state index in [9.17, 15) is 81.7 Å². The summed E-state index contributed by atoms with van der Waals surface area (Å²) in [6.45, 7) is 0. The lowest BCUT2D eigenvalue weighted by atomic mass is 9.75. The molecule has 0 amide bonds. The summed E-state index contributed by atoms with van der Waals surface area (Å²) in [5.41, 5.74) is 6.06. The van der Waals surface area contributed by atoms with E-state index in [4.69, 9.17) is 0 Å². The highest BCUT2D eigenvalue weighted by Gasteiger charge is 2.29. The Labute approximate surface area is 437 Å². The number of phenols is 16. The molecule has 4 atom stereocenters. The summed E-state index contributed by atoms with van der Waals surface area (Å²) in [5, 5.41) is 159. The van der Waals surface area contributed by atoms with E-state index in [2.05, 4.69) is 0 Å². The Morgan fingerprint density at radius 1 is 0.237 bits per heavy atom. The molecule has 16 nitrogen and oxygen atoms in total. The van der Waals surface area contributed by atoms with Crippen LogP contribution in [0.2, 0.25) is 0 Å². The van der Waals surface area contributed by atoms with Crippen molar-refractivity contribution < 1.29 is 81.7 Å². The van der Waals surface area contributed by atoms with Crippen LogP contribution in [-0.2, 0) is 38.5 Å². The zero-order valence-corrected chi connectivity index (χ0v) is 41.0. The molecular weight excluding hydrogens is 977 g/mol. The van der Waals surface area contributed by atoms with Gasteiger partial charge in [-0.15, -0.1) is 0 Å². The molecule has 0 aromatic heterocycles. The van der Waals surface area contributed by atoms with Crippen molar-refractivity contribution in [2.75, 3.05) is 0 Å². The number of hydrogen-bond acceptors (Lipinski definition) is 16. The summed E-state index contributed by atoms with van der Waals surface area (Å²) in [6.07, 6.45) is 3.95. The highest BCUT2D eigenvalue weighted by atomic mass is 16.3. The maximum atomic E-state index is 10.3. The number of hydrogen-bond donors (Lipinski definition) is 16. The maximum Gasteiger partial charge on any atom is 0.200 e. The van der Waals surface area contributed by atoms with Crippen LogP contribution in [0.25, 0.3) is 0 Å². The minimum Gasteiger partial charge on any atom is -0.508 e. The van der Waals surface area contributed by atoms with Crippen molar-refractivity contribution in [1.29, 1.82) is 0 Å². The van der Waals surface area contributed by atoms with Gasteiger partial charge in [0, 0.05) is 0 Å². The second kappa shape index (κ2) is 24.1. The van der Waals surface area contributed by atoms with E-state index < -0.39 is 69.0 Å². The smallest absolute Gasteiger partial charge is 0.200 e. The van der Waals surface area contributed by atoms with Gasteiger partial charge < -0.3 is 81.7 Å². The van der Waals surface area contributed by atoms with Gasteiger partial charge in [0.25, 0.3) is 0 Å². The fourth-order valence-corrected chi connectivity index (χ4v) is 9.64. The van der Waals surface area contributed by atoms with Crippen molar-refractivity contribution in [2.45, 2.75) is 63.2 Å². The quantitative estimate of drug-likeness (QED) is 0.0355. The van der Waals surface area contributed by atoms with Crippen LogP contribution in [0.15, 0.2) is 146 Å². The van der Waals surface area contributed by atoms with E-state index >= 15 is 0 Å². The largest absolute Gasteiger partial charge is 0.508 e. The van der Waals surface area contributed by atoms with Gasteiger partial charge in [-0.25, -0.2) is 0 Å². The second-order valence-corrected chi connectivity index (χ2v) is 19.1. The highest BCUT2D eigenvalue weighted by Crippen LogP contribution is 2.45. The van der Waals surface area contributed by atoms with Crippen molar-refractivity contribution in [2.24, 2.45) is 11.8 Å². The molecule has 8 aromatic rings. The zero-order chi connectivity index (χ0) is 54.8.